The molecule has 46 heavy (non-hydrogen) atoms. The molecule has 1 aromatic heterocycles. The Kier molecular flexibility index (Phi) is 12.4. The number of methoxy groups -OCH3 is 1. The van der Waals surface area contributed by atoms with Crippen molar-refractivity contribution in [2.75, 3.05) is 20.8 Å². The lowest BCUT2D eigenvalue weighted by atomic mass is 9.93. The maximum Gasteiger partial charge on any atom is 0.305 e. The number of ether oxygens (including phenoxy) is 1. The second kappa shape index (κ2) is 16.5. The van der Waals surface area contributed by atoms with Crippen LogP contribution in [0.4, 0.5) is 0 Å². The molecule has 3 heterocycles. The maximum atomic E-state index is 14.1. The van der Waals surface area contributed by atoms with Gasteiger partial charge in [-0.3, -0.25) is 24.0 Å². The van der Waals surface area contributed by atoms with Crippen molar-refractivity contribution in [1.82, 2.24) is 25.6 Å². The second-order valence-electron chi connectivity index (χ2n) is 12.5. The van der Waals surface area contributed by atoms with Crippen molar-refractivity contribution < 1.29 is 33.5 Å². The topological polar surface area (TPSA) is 148 Å². The highest BCUT2D eigenvalue weighted by atomic mass is 16.6. The predicted octanol–water partition coefficient (Wildman–Crippen LogP) is 2.65. The number of fused-ring (bicyclic) bond motifs is 2. The zero-order valence-corrected chi connectivity index (χ0v) is 27.5. The number of nitrogens with one attached hydrogen (secondary N) is 3. The van der Waals surface area contributed by atoms with Crippen LogP contribution < -0.4 is 20.8 Å². The van der Waals surface area contributed by atoms with Gasteiger partial charge >= 0.3 is 5.97 Å². The first-order valence-electron chi connectivity index (χ1n) is 16.6. The SMILES string of the molecule is CC[C@H](C)[C@@H]1NC(=O)[C@H](Cc2cn(OC)c3ccccc23)NC(=O)[C@H](CCCCCCC(=O)OC)NC(=O)[C@H]2CCCCN2C1=O. The first-order chi connectivity index (χ1) is 22.2. The van der Waals surface area contributed by atoms with Gasteiger partial charge in [0.25, 0.3) is 0 Å². The Morgan fingerprint density at radius 1 is 0.935 bits per heavy atom. The van der Waals surface area contributed by atoms with Crippen LogP contribution in [0.15, 0.2) is 30.5 Å². The van der Waals surface area contributed by atoms with Gasteiger partial charge < -0.3 is 30.4 Å². The van der Waals surface area contributed by atoms with Gasteiger partial charge in [-0.2, -0.15) is 4.73 Å². The van der Waals surface area contributed by atoms with E-state index in [1.165, 1.54) is 7.11 Å². The summed E-state index contributed by atoms with van der Waals surface area (Å²) < 4.78 is 6.32. The molecule has 0 radical (unpaired) electrons. The molecule has 3 N–H and O–H groups in total. The lowest BCUT2D eigenvalue weighted by Crippen LogP contribution is -2.64. The predicted molar refractivity (Wildman–Crippen MR) is 172 cm³/mol. The van der Waals surface area contributed by atoms with Crippen LogP contribution in [0, 0.1) is 5.92 Å². The number of benzene rings is 1. The Hall–Kier alpha value is -4.09. The van der Waals surface area contributed by atoms with Crippen molar-refractivity contribution in [1.29, 1.82) is 0 Å². The minimum Gasteiger partial charge on any atom is -0.469 e. The third-order valence-electron chi connectivity index (χ3n) is 9.36. The fourth-order valence-electron chi connectivity index (χ4n) is 6.43. The van der Waals surface area contributed by atoms with E-state index in [9.17, 15) is 24.0 Å². The van der Waals surface area contributed by atoms with Crippen LogP contribution in [0.1, 0.15) is 83.6 Å². The molecule has 252 valence electrons. The molecule has 12 nitrogen and oxygen atoms in total. The summed E-state index contributed by atoms with van der Waals surface area (Å²) in [5, 5.41) is 9.74. The van der Waals surface area contributed by atoms with Crippen LogP contribution in [-0.2, 0) is 35.1 Å². The number of rotatable bonds is 12. The van der Waals surface area contributed by atoms with E-state index in [2.05, 4.69) is 16.0 Å². The van der Waals surface area contributed by atoms with Gasteiger partial charge in [-0.25, -0.2) is 0 Å². The fourth-order valence-corrected chi connectivity index (χ4v) is 6.43. The van der Waals surface area contributed by atoms with Gasteiger partial charge in [-0.1, -0.05) is 57.7 Å². The number of piperidine rings is 1. The molecule has 0 bridgehead atoms. The van der Waals surface area contributed by atoms with E-state index in [1.54, 1.807) is 22.9 Å². The summed E-state index contributed by atoms with van der Waals surface area (Å²) >= 11 is 0. The van der Waals surface area contributed by atoms with Crippen LogP contribution in [0.2, 0.25) is 0 Å². The van der Waals surface area contributed by atoms with Gasteiger partial charge in [0.15, 0.2) is 0 Å². The van der Waals surface area contributed by atoms with Crippen LogP contribution in [0.5, 0.6) is 0 Å². The van der Waals surface area contributed by atoms with E-state index >= 15 is 0 Å². The number of para-hydroxylation sites is 1. The van der Waals surface area contributed by atoms with Crippen molar-refractivity contribution in [2.45, 2.75) is 109 Å². The molecule has 1 aromatic carbocycles. The lowest BCUT2D eigenvalue weighted by Gasteiger charge is -2.39. The number of carbonyl (C=O) groups is 5. The van der Waals surface area contributed by atoms with Crippen molar-refractivity contribution in [3.8, 4) is 0 Å². The van der Waals surface area contributed by atoms with E-state index in [-0.39, 0.29) is 30.1 Å². The third-order valence-corrected chi connectivity index (χ3v) is 9.36. The van der Waals surface area contributed by atoms with E-state index in [0.717, 1.165) is 42.1 Å². The van der Waals surface area contributed by atoms with Crippen molar-refractivity contribution in [3.63, 3.8) is 0 Å². The highest BCUT2D eigenvalue weighted by Crippen LogP contribution is 2.24. The molecule has 0 saturated carbocycles. The van der Waals surface area contributed by atoms with Gasteiger partial charge in [0.1, 0.15) is 31.3 Å². The minimum atomic E-state index is -1.01. The van der Waals surface area contributed by atoms with E-state index in [4.69, 9.17) is 9.57 Å². The maximum absolute atomic E-state index is 14.1. The summed E-state index contributed by atoms with van der Waals surface area (Å²) in [6.45, 7) is 4.28. The molecule has 12 heteroatoms. The highest BCUT2D eigenvalue weighted by Gasteiger charge is 2.40. The van der Waals surface area contributed by atoms with Gasteiger partial charge in [0.05, 0.1) is 12.6 Å². The average molecular weight is 640 g/mol. The molecule has 2 aromatic rings. The molecule has 2 aliphatic rings. The molecular weight excluding hydrogens is 590 g/mol. The number of aromatic nitrogens is 1. The number of hydrogen-bond donors (Lipinski definition) is 3. The largest absolute Gasteiger partial charge is 0.469 e. The first-order valence-corrected chi connectivity index (χ1v) is 16.6. The monoisotopic (exact) mass is 639 g/mol. The molecule has 0 unspecified atom stereocenters. The lowest BCUT2D eigenvalue weighted by molar-refractivity contribution is -0.147. The summed E-state index contributed by atoms with van der Waals surface area (Å²) in [7, 11) is 2.92. The molecule has 5 atom stereocenters. The van der Waals surface area contributed by atoms with Crippen LogP contribution in [0.3, 0.4) is 0 Å². The Morgan fingerprint density at radius 2 is 1.65 bits per heavy atom. The van der Waals surface area contributed by atoms with Crippen LogP contribution >= 0.6 is 0 Å². The first kappa shape index (κ1) is 34.8. The number of nitrogens with zero attached hydrogens (tertiary/aromatic N) is 2. The van der Waals surface area contributed by atoms with Gasteiger partial charge in [-0.15, -0.1) is 0 Å². The second-order valence-corrected chi connectivity index (χ2v) is 12.5. The third kappa shape index (κ3) is 8.38. The number of carbonyl (C=O) groups excluding carboxylic acids is 5. The smallest absolute Gasteiger partial charge is 0.305 e. The molecular formula is C34H49N5O7. The summed E-state index contributed by atoms with van der Waals surface area (Å²) in [6, 6.07) is 4.17. The Balaban J connectivity index is 1.63. The zero-order chi connectivity index (χ0) is 33.2. The highest BCUT2D eigenvalue weighted by molar-refractivity contribution is 5.98. The minimum absolute atomic E-state index is 0.149. The Bertz CT molecular complexity index is 1390. The van der Waals surface area contributed by atoms with Crippen molar-refractivity contribution in [3.05, 3.63) is 36.0 Å². The number of esters is 1. The van der Waals surface area contributed by atoms with Crippen molar-refractivity contribution >= 4 is 40.5 Å². The zero-order valence-electron chi connectivity index (χ0n) is 27.5. The van der Waals surface area contributed by atoms with Gasteiger partial charge in [0.2, 0.25) is 23.6 Å². The number of amides is 4. The van der Waals surface area contributed by atoms with E-state index in [0.29, 0.717) is 45.1 Å². The summed E-state index contributed by atoms with van der Waals surface area (Å²) in [5.74, 6) is -1.98. The normalized spacial score (nSPS) is 23.3. The molecule has 4 rings (SSSR count). The summed E-state index contributed by atoms with van der Waals surface area (Å²) in [4.78, 5) is 74.3. The molecule has 2 fully saturated rings. The molecule has 4 amide bonds. The van der Waals surface area contributed by atoms with Gasteiger partial charge in [-0.05, 0) is 49.7 Å². The molecule has 2 aliphatic heterocycles. The standard InChI is InChI=1S/C34H49N5O7/c1-5-22(2)30-34(44)38-19-13-12-17-28(38)33(43)35-25(15-8-6-7-9-18-29(40)45-3)31(41)36-26(32(42)37-30)20-23-21-39(46-4)27-16-11-10-14-24(23)27/h10-11,14,16,21-22,25-26,28,30H,5-9,12-13,15,17-20H2,1-4H3,(H,35,43)(H,36,41)(H,37,42)/t22-,25-,26-,28+,30-/m0/s1. The Morgan fingerprint density at radius 3 is 2.39 bits per heavy atom. The van der Waals surface area contributed by atoms with Crippen LogP contribution in [-0.4, -0.2) is 84.2 Å². The van der Waals surface area contributed by atoms with E-state index < -0.39 is 36.0 Å². The molecule has 0 spiro atoms. The number of hydrogen-bond acceptors (Lipinski definition) is 7. The van der Waals surface area contributed by atoms with Crippen LogP contribution in [0.25, 0.3) is 10.9 Å². The van der Waals surface area contributed by atoms with Gasteiger partial charge in [0, 0.05) is 31.0 Å². The molecule has 0 aliphatic carbocycles. The Labute approximate surface area is 270 Å². The van der Waals surface area contributed by atoms with Crippen molar-refractivity contribution in [2.24, 2.45) is 5.92 Å². The van der Waals surface area contributed by atoms with E-state index in [1.807, 2.05) is 38.1 Å². The fraction of sp³-hybridized carbons (Fsp3) is 0.618. The summed E-state index contributed by atoms with van der Waals surface area (Å²) in [5.41, 5.74) is 1.61. The quantitative estimate of drug-likeness (QED) is 0.239. The average Bonchev–Trinajstić information content (AvgIpc) is 3.43. The molecule has 2 saturated heterocycles. The number of unbranched alkanes of at least 4 members (excludes halogenated alkanes) is 3. The summed E-state index contributed by atoms with van der Waals surface area (Å²) in [6.07, 6.45) is 8.13.